The molecule has 0 radical (unpaired) electrons. The number of amides is 1. The van der Waals surface area contributed by atoms with Crippen LogP contribution in [0.5, 0.6) is 0 Å². The second-order valence-corrected chi connectivity index (χ2v) is 8.81. The van der Waals surface area contributed by atoms with Gasteiger partial charge in [-0.25, -0.2) is 4.79 Å². The van der Waals surface area contributed by atoms with Crippen molar-refractivity contribution in [2.45, 2.75) is 51.7 Å². The van der Waals surface area contributed by atoms with Crippen molar-refractivity contribution in [3.63, 3.8) is 0 Å². The second kappa shape index (κ2) is 9.88. The molecule has 0 aromatic carbocycles. The number of anilines is 1. The topological polar surface area (TPSA) is 84.3 Å². The third-order valence-corrected chi connectivity index (χ3v) is 5.02. The number of rotatable bonds is 5. The average molecular weight is 431 g/mol. The largest absolute Gasteiger partial charge is 0.444 e. The van der Waals surface area contributed by atoms with E-state index in [1.165, 1.54) is 5.56 Å². The molecule has 1 fully saturated rings. The zero-order valence-electron chi connectivity index (χ0n) is 17.8. The lowest BCUT2D eigenvalue weighted by Gasteiger charge is -2.33. The zero-order chi connectivity index (χ0) is 21.6. The van der Waals surface area contributed by atoms with Gasteiger partial charge in [-0.05, 0) is 63.9 Å². The van der Waals surface area contributed by atoms with Crippen LogP contribution in [0.25, 0.3) is 0 Å². The normalized spacial score (nSPS) is 15.0. The third-order valence-electron chi connectivity index (χ3n) is 4.77. The summed E-state index contributed by atoms with van der Waals surface area (Å²) in [5, 5.41) is 11.4. The number of piperidine rings is 1. The Balaban J connectivity index is 1.41. The number of likely N-dealkylation sites (tertiary alicyclic amines) is 1. The summed E-state index contributed by atoms with van der Waals surface area (Å²) in [4.78, 5) is 18.1. The van der Waals surface area contributed by atoms with Gasteiger partial charge in [0.25, 0.3) is 0 Å². The molecule has 1 aliphatic rings. The molecule has 2 aromatic heterocycles. The Hall–Kier alpha value is -2.68. The number of carbonyl (C=O) groups is 1. The highest BCUT2D eigenvalue weighted by molar-refractivity contribution is 7.80. The molecule has 3 rings (SSSR count). The monoisotopic (exact) mass is 430 g/mol. The first-order chi connectivity index (χ1) is 14.3. The fraction of sp³-hybridized carbons (Fsp3) is 0.524. The van der Waals surface area contributed by atoms with Crippen LogP contribution < -0.4 is 10.6 Å². The van der Waals surface area contributed by atoms with Crippen molar-refractivity contribution in [2.24, 2.45) is 0 Å². The fourth-order valence-electron chi connectivity index (χ4n) is 3.28. The SMILES string of the molecule is CC(C)(C)OC(=O)N1CCC(n2cc(NC(=S)NCCc3cccnc3)cn2)CC1. The summed E-state index contributed by atoms with van der Waals surface area (Å²) in [6.07, 6.45) is 9.65. The summed E-state index contributed by atoms with van der Waals surface area (Å²) in [6.45, 7) is 7.71. The molecule has 0 spiro atoms. The molecule has 1 aliphatic heterocycles. The number of thiocarbonyl (C=S) groups is 1. The van der Waals surface area contributed by atoms with E-state index in [-0.39, 0.29) is 12.1 Å². The predicted molar refractivity (Wildman–Crippen MR) is 120 cm³/mol. The number of aromatic nitrogens is 3. The minimum absolute atomic E-state index is 0.244. The fourth-order valence-corrected chi connectivity index (χ4v) is 3.50. The molecule has 0 bridgehead atoms. The van der Waals surface area contributed by atoms with E-state index >= 15 is 0 Å². The van der Waals surface area contributed by atoms with Crippen LogP contribution in [0.15, 0.2) is 36.9 Å². The highest BCUT2D eigenvalue weighted by Gasteiger charge is 2.27. The summed E-state index contributed by atoms with van der Waals surface area (Å²) in [5.74, 6) is 0. The van der Waals surface area contributed by atoms with Crippen LogP contribution in [0, 0.1) is 0 Å². The van der Waals surface area contributed by atoms with E-state index in [4.69, 9.17) is 17.0 Å². The van der Waals surface area contributed by atoms with Gasteiger partial charge in [0.15, 0.2) is 5.11 Å². The van der Waals surface area contributed by atoms with Crippen LogP contribution in [-0.4, -0.2) is 56.1 Å². The molecule has 1 amide bonds. The smallest absolute Gasteiger partial charge is 0.410 e. The van der Waals surface area contributed by atoms with Crippen molar-refractivity contribution in [3.05, 3.63) is 42.5 Å². The van der Waals surface area contributed by atoms with Crippen LogP contribution in [0.4, 0.5) is 10.5 Å². The molecule has 9 heteroatoms. The number of pyridine rings is 1. The van der Waals surface area contributed by atoms with E-state index in [0.29, 0.717) is 18.2 Å². The Morgan fingerprint density at radius 3 is 2.73 bits per heavy atom. The number of nitrogens with zero attached hydrogens (tertiary/aromatic N) is 4. The summed E-state index contributed by atoms with van der Waals surface area (Å²) >= 11 is 5.37. The highest BCUT2D eigenvalue weighted by atomic mass is 32.1. The lowest BCUT2D eigenvalue weighted by atomic mass is 10.1. The minimum atomic E-state index is -0.471. The Bertz CT molecular complexity index is 841. The number of hydrogen-bond donors (Lipinski definition) is 2. The molecular weight excluding hydrogens is 400 g/mol. The van der Waals surface area contributed by atoms with E-state index in [1.54, 1.807) is 17.3 Å². The van der Waals surface area contributed by atoms with Crippen LogP contribution in [0.3, 0.4) is 0 Å². The zero-order valence-corrected chi connectivity index (χ0v) is 18.6. The summed E-state index contributed by atoms with van der Waals surface area (Å²) in [6, 6.07) is 4.23. The van der Waals surface area contributed by atoms with Crippen molar-refractivity contribution in [3.8, 4) is 0 Å². The molecule has 30 heavy (non-hydrogen) atoms. The molecular formula is C21H30N6O2S. The van der Waals surface area contributed by atoms with Gasteiger partial charge in [-0.1, -0.05) is 6.07 Å². The van der Waals surface area contributed by atoms with Gasteiger partial charge in [-0.2, -0.15) is 5.10 Å². The lowest BCUT2D eigenvalue weighted by molar-refractivity contribution is 0.0185. The predicted octanol–water partition coefficient (Wildman–Crippen LogP) is 3.38. The summed E-state index contributed by atoms with van der Waals surface area (Å²) in [7, 11) is 0. The maximum atomic E-state index is 12.2. The molecule has 8 nitrogen and oxygen atoms in total. The first-order valence-corrected chi connectivity index (χ1v) is 10.7. The molecule has 2 N–H and O–H groups in total. The number of carbonyl (C=O) groups excluding carboxylic acids is 1. The molecule has 0 unspecified atom stereocenters. The molecule has 0 saturated carbocycles. The first-order valence-electron chi connectivity index (χ1n) is 10.3. The molecule has 2 aromatic rings. The summed E-state index contributed by atoms with van der Waals surface area (Å²) in [5.41, 5.74) is 1.54. The maximum absolute atomic E-state index is 12.2. The van der Waals surface area contributed by atoms with Crippen molar-refractivity contribution in [1.82, 2.24) is 25.0 Å². The lowest BCUT2D eigenvalue weighted by Crippen LogP contribution is -2.42. The van der Waals surface area contributed by atoms with E-state index in [1.807, 2.05) is 50.0 Å². The Kier molecular flexibility index (Phi) is 7.25. The van der Waals surface area contributed by atoms with Gasteiger partial charge >= 0.3 is 6.09 Å². The van der Waals surface area contributed by atoms with Gasteiger partial charge in [0.2, 0.25) is 0 Å². The van der Waals surface area contributed by atoms with Gasteiger partial charge < -0.3 is 20.3 Å². The molecule has 0 aliphatic carbocycles. The van der Waals surface area contributed by atoms with Crippen molar-refractivity contribution in [1.29, 1.82) is 0 Å². The standard InChI is InChI=1S/C21H30N6O2S/c1-21(2,3)29-20(28)26-11-7-18(8-12-26)27-15-17(14-24-27)25-19(30)23-10-6-16-5-4-9-22-13-16/h4-5,9,13-15,18H,6-8,10-12H2,1-3H3,(H2,23,25,30). The van der Waals surface area contributed by atoms with E-state index < -0.39 is 5.60 Å². The van der Waals surface area contributed by atoms with Gasteiger partial charge in [0, 0.05) is 38.2 Å². The average Bonchev–Trinajstić information content (AvgIpc) is 3.16. The van der Waals surface area contributed by atoms with Gasteiger partial charge in [-0.3, -0.25) is 9.67 Å². The van der Waals surface area contributed by atoms with E-state index in [9.17, 15) is 4.79 Å². The third kappa shape index (κ3) is 6.69. The van der Waals surface area contributed by atoms with Crippen LogP contribution in [0.2, 0.25) is 0 Å². The van der Waals surface area contributed by atoms with Crippen LogP contribution in [0.1, 0.15) is 45.2 Å². The van der Waals surface area contributed by atoms with Crippen LogP contribution >= 0.6 is 12.2 Å². The second-order valence-electron chi connectivity index (χ2n) is 8.40. The summed E-state index contributed by atoms with van der Waals surface area (Å²) < 4.78 is 7.41. The minimum Gasteiger partial charge on any atom is -0.444 e. The van der Waals surface area contributed by atoms with Crippen LogP contribution in [-0.2, 0) is 11.2 Å². The van der Waals surface area contributed by atoms with E-state index in [2.05, 4.69) is 20.7 Å². The number of ether oxygens (including phenoxy) is 1. The Morgan fingerprint density at radius 2 is 2.07 bits per heavy atom. The van der Waals surface area contributed by atoms with Crippen molar-refractivity contribution >= 4 is 29.1 Å². The molecule has 0 atom stereocenters. The maximum Gasteiger partial charge on any atom is 0.410 e. The van der Waals surface area contributed by atoms with Crippen molar-refractivity contribution < 1.29 is 9.53 Å². The van der Waals surface area contributed by atoms with E-state index in [0.717, 1.165) is 31.5 Å². The molecule has 1 saturated heterocycles. The highest BCUT2D eigenvalue weighted by Crippen LogP contribution is 2.24. The Labute approximate surface area is 183 Å². The first kappa shape index (κ1) is 22.0. The van der Waals surface area contributed by atoms with Gasteiger partial charge in [-0.15, -0.1) is 0 Å². The van der Waals surface area contributed by atoms with Crippen molar-refractivity contribution in [2.75, 3.05) is 25.0 Å². The number of hydrogen-bond acceptors (Lipinski definition) is 5. The number of nitrogens with one attached hydrogen (secondary N) is 2. The van der Waals surface area contributed by atoms with Gasteiger partial charge in [0.05, 0.1) is 17.9 Å². The molecule has 162 valence electrons. The quantitative estimate of drug-likeness (QED) is 0.704. The Morgan fingerprint density at radius 1 is 1.30 bits per heavy atom. The van der Waals surface area contributed by atoms with Gasteiger partial charge in [0.1, 0.15) is 5.60 Å². The molecule has 3 heterocycles.